The minimum Gasteiger partial charge on any atom is -0.497 e. The molecule has 2 rings (SSSR count). The predicted octanol–water partition coefficient (Wildman–Crippen LogP) is 1.93. The van der Waals surface area contributed by atoms with Crippen molar-refractivity contribution < 1.29 is 19.2 Å². The first-order chi connectivity index (χ1) is 12.1. The van der Waals surface area contributed by atoms with Crippen molar-refractivity contribution in [3.05, 3.63) is 54.1 Å². The Morgan fingerprint density at radius 1 is 1.16 bits per heavy atom. The van der Waals surface area contributed by atoms with Gasteiger partial charge in [0.2, 0.25) is 0 Å². The third-order valence-corrected chi connectivity index (χ3v) is 4.07. The normalized spacial score (nSPS) is 11.6. The van der Waals surface area contributed by atoms with Crippen LogP contribution in [0.2, 0.25) is 0 Å². The van der Waals surface area contributed by atoms with E-state index in [2.05, 4.69) is 12.2 Å². The highest BCUT2D eigenvalue weighted by Crippen LogP contribution is 2.16. The van der Waals surface area contributed by atoms with E-state index in [9.17, 15) is 4.79 Å². The first-order valence-electron chi connectivity index (χ1n) is 8.58. The second-order valence-corrected chi connectivity index (χ2v) is 5.92. The topological polar surface area (TPSA) is 52.0 Å². The van der Waals surface area contributed by atoms with E-state index in [1.165, 1.54) is 4.90 Å². The van der Waals surface area contributed by atoms with Crippen LogP contribution in [0.15, 0.2) is 48.5 Å². The van der Waals surface area contributed by atoms with E-state index < -0.39 is 0 Å². The molecule has 2 N–H and O–H groups in total. The SMILES string of the molecule is CC[NH+](CCOc1ccccc1C)CC(=O)Nc1cccc(OC)c1. The average molecular weight is 343 g/mol. The molecule has 0 aromatic heterocycles. The highest BCUT2D eigenvalue weighted by Gasteiger charge is 2.13. The lowest BCUT2D eigenvalue weighted by Crippen LogP contribution is -3.13. The molecule has 134 valence electrons. The van der Waals surface area contributed by atoms with Gasteiger partial charge in [-0.3, -0.25) is 4.79 Å². The molecule has 1 amide bonds. The molecule has 0 aliphatic carbocycles. The van der Waals surface area contributed by atoms with E-state index >= 15 is 0 Å². The van der Waals surface area contributed by atoms with E-state index in [4.69, 9.17) is 9.47 Å². The zero-order valence-corrected chi connectivity index (χ0v) is 15.2. The quantitative estimate of drug-likeness (QED) is 0.731. The zero-order valence-electron chi connectivity index (χ0n) is 15.2. The number of carbonyl (C=O) groups excluding carboxylic acids is 1. The maximum atomic E-state index is 12.3. The molecule has 1 atom stereocenters. The fraction of sp³-hybridized carbons (Fsp3) is 0.350. The molecule has 0 saturated carbocycles. The predicted molar refractivity (Wildman–Crippen MR) is 99.5 cm³/mol. The van der Waals surface area contributed by atoms with Crippen LogP contribution in [0.4, 0.5) is 5.69 Å². The number of hydrogen-bond acceptors (Lipinski definition) is 3. The lowest BCUT2D eigenvalue weighted by Gasteiger charge is -2.18. The van der Waals surface area contributed by atoms with Crippen molar-refractivity contribution in [2.75, 3.05) is 38.7 Å². The summed E-state index contributed by atoms with van der Waals surface area (Å²) in [5, 5.41) is 2.92. The molecule has 5 nitrogen and oxygen atoms in total. The average Bonchev–Trinajstić information content (AvgIpc) is 2.62. The largest absolute Gasteiger partial charge is 0.497 e. The maximum absolute atomic E-state index is 12.3. The minimum absolute atomic E-state index is 0.0130. The summed E-state index contributed by atoms with van der Waals surface area (Å²) in [4.78, 5) is 13.4. The summed E-state index contributed by atoms with van der Waals surface area (Å²) < 4.78 is 11.0. The summed E-state index contributed by atoms with van der Waals surface area (Å²) >= 11 is 0. The van der Waals surface area contributed by atoms with Crippen molar-refractivity contribution in [3.63, 3.8) is 0 Å². The number of para-hydroxylation sites is 1. The van der Waals surface area contributed by atoms with Crippen LogP contribution in [-0.2, 0) is 4.79 Å². The van der Waals surface area contributed by atoms with Gasteiger partial charge in [0.25, 0.3) is 5.91 Å². The van der Waals surface area contributed by atoms with Crippen LogP contribution in [-0.4, -0.2) is 39.3 Å². The highest BCUT2D eigenvalue weighted by atomic mass is 16.5. The summed E-state index contributed by atoms with van der Waals surface area (Å²) in [6.07, 6.45) is 0. The summed E-state index contributed by atoms with van der Waals surface area (Å²) in [5.41, 5.74) is 1.87. The van der Waals surface area contributed by atoms with Crippen LogP contribution in [0.3, 0.4) is 0 Å². The van der Waals surface area contributed by atoms with Gasteiger partial charge in [0, 0.05) is 11.8 Å². The number of methoxy groups -OCH3 is 1. The number of carbonyl (C=O) groups is 1. The van der Waals surface area contributed by atoms with Gasteiger partial charge in [-0.05, 0) is 37.6 Å². The van der Waals surface area contributed by atoms with Crippen LogP contribution >= 0.6 is 0 Å². The summed E-state index contributed by atoms with van der Waals surface area (Å²) in [5.74, 6) is 1.61. The van der Waals surface area contributed by atoms with E-state index in [0.717, 1.165) is 35.8 Å². The standard InChI is InChI=1S/C20H26N2O3/c1-4-22(12-13-25-19-11-6-5-8-16(19)2)15-20(23)21-17-9-7-10-18(14-17)24-3/h5-11,14H,4,12-13,15H2,1-3H3,(H,21,23)/p+1. The molecule has 5 heteroatoms. The number of benzene rings is 2. The molecule has 2 aromatic rings. The van der Waals surface area contributed by atoms with Crippen LogP contribution in [0.25, 0.3) is 0 Å². The maximum Gasteiger partial charge on any atom is 0.279 e. The van der Waals surface area contributed by atoms with Gasteiger partial charge >= 0.3 is 0 Å². The van der Waals surface area contributed by atoms with Crippen molar-refractivity contribution >= 4 is 11.6 Å². The van der Waals surface area contributed by atoms with Gasteiger partial charge in [-0.1, -0.05) is 24.3 Å². The summed E-state index contributed by atoms with van der Waals surface area (Å²) in [6.45, 7) is 6.73. The van der Waals surface area contributed by atoms with Crippen LogP contribution in [0.5, 0.6) is 11.5 Å². The molecule has 0 spiro atoms. The van der Waals surface area contributed by atoms with Crippen molar-refractivity contribution in [2.45, 2.75) is 13.8 Å². The molecule has 0 radical (unpaired) electrons. The van der Waals surface area contributed by atoms with Crippen LogP contribution < -0.4 is 19.7 Å². The second-order valence-electron chi connectivity index (χ2n) is 5.92. The molecule has 25 heavy (non-hydrogen) atoms. The van der Waals surface area contributed by atoms with Crippen molar-refractivity contribution in [2.24, 2.45) is 0 Å². The Labute approximate surface area is 149 Å². The second kappa shape index (κ2) is 9.69. The molecular weight excluding hydrogens is 316 g/mol. The number of ether oxygens (including phenoxy) is 2. The van der Waals surface area contributed by atoms with E-state index in [1.54, 1.807) is 7.11 Å². The van der Waals surface area contributed by atoms with Crippen LogP contribution in [0, 0.1) is 6.92 Å². The van der Waals surface area contributed by atoms with Crippen LogP contribution in [0.1, 0.15) is 12.5 Å². The number of rotatable bonds is 9. The third-order valence-electron chi connectivity index (χ3n) is 4.07. The molecule has 2 aromatic carbocycles. The van der Waals surface area contributed by atoms with E-state index in [0.29, 0.717) is 13.2 Å². The van der Waals surface area contributed by atoms with Gasteiger partial charge in [-0.2, -0.15) is 0 Å². The lowest BCUT2D eigenvalue weighted by molar-refractivity contribution is -0.889. The molecule has 0 fully saturated rings. The smallest absolute Gasteiger partial charge is 0.279 e. The van der Waals surface area contributed by atoms with Crippen molar-refractivity contribution in [3.8, 4) is 11.5 Å². The molecular formula is C20H27N2O3+. The Morgan fingerprint density at radius 3 is 2.68 bits per heavy atom. The Kier molecular flexibility index (Phi) is 7.29. The number of likely N-dealkylation sites (N-methyl/N-ethyl adjacent to an activating group) is 1. The molecule has 0 aliphatic rings. The number of anilines is 1. The first-order valence-corrected chi connectivity index (χ1v) is 8.58. The Balaban J connectivity index is 1.80. The monoisotopic (exact) mass is 343 g/mol. The van der Waals surface area contributed by atoms with Gasteiger partial charge in [-0.25, -0.2) is 0 Å². The lowest BCUT2D eigenvalue weighted by atomic mass is 10.2. The van der Waals surface area contributed by atoms with Gasteiger partial charge in [0.05, 0.1) is 13.7 Å². The number of aryl methyl sites for hydroxylation is 1. The van der Waals surface area contributed by atoms with Gasteiger partial charge in [0.15, 0.2) is 6.54 Å². The number of nitrogens with one attached hydrogen (secondary N) is 2. The number of quaternary nitrogens is 1. The van der Waals surface area contributed by atoms with Gasteiger partial charge < -0.3 is 19.7 Å². The van der Waals surface area contributed by atoms with E-state index in [1.807, 2.05) is 55.5 Å². The van der Waals surface area contributed by atoms with E-state index in [-0.39, 0.29) is 5.91 Å². The third kappa shape index (κ3) is 6.12. The first kappa shape index (κ1) is 18.8. The molecule has 0 aliphatic heterocycles. The minimum atomic E-state index is -0.0130. The van der Waals surface area contributed by atoms with Gasteiger partial charge in [-0.15, -0.1) is 0 Å². The van der Waals surface area contributed by atoms with Crippen molar-refractivity contribution in [1.82, 2.24) is 0 Å². The fourth-order valence-electron chi connectivity index (χ4n) is 2.55. The Bertz CT molecular complexity index is 688. The number of hydrogen-bond donors (Lipinski definition) is 2. The highest BCUT2D eigenvalue weighted by molar-refractivity contribution is 5.91. The number of amides is 1. The summed E-state index contributed by atoms with van der Waals surface area (Å²) in [7, 11) is 1.61. The van der Waals surface area contributed by atoms with Gasteiger partial charge in [0.1, 0.15) is 24.7 Å². The molecule has 0 bridgehead atoms. The molecule has 0 saturated heterocycles. The fourth-order valence-corrected chi connectivity index (χ4v) is 2.55. The van der Waals surface area contributed by atoms with Crippen molar-refractivity contribution in [1.29, 1.82) is 0 Å². The zero-order chi connectivity index (χ0) is 18.1. The molecule has 1 unspecified atom stereocenters. The summed E-state index contributed by atoms with van der Waals surface area (Å²) in [6, 6.07) is 15.3. The Morgan fingerprint density at radius 2 is 1.96 bits per heavy atom. The molecule has 0 heterocycles. The Hall–Kier alpha value is -2.53.